The molecule has 11 heavy (non-hydrogen) atoms. The molecule has 1 aromatic rings. The lowest BCUT2D eigenvalue weighted by molar-refractivity contribution is 0.616. The molecule has 0 bridgehead atoms. The molecule has 1 aromatic heterocycles. The van der Waals surface area contributed by atoms with Crippen molar-refractivity contribution in [2.24, 2.45) is 0 Å². The Hall–Kier alpha value is -0.920. The summed E-state index contributed by atoms with van der Waals surface area (Å²) < 4.78 is 12.6. The van der Waals surface area contributed by atoms with Crippen molar-refractivity contribution in [2.45, 2.75) is 26.7 Å². The first-order valence-corrected chi connectivity index (χ1v) is 3.91. The van der Waals surface area contributed by atoms with E-state index < -0.39 is 0 Å². The Morgan fingerprint density at radius 2 is 2.09 bits per heavy atom. The molecule has 0 aliphatic carbocycles. The molecule has 0 N–H and O–H groups in total. The Balaban J connectivity index is 3.06. The Morgan fingerprint density at radius 3 is 2.64 bits per heavy atom. The quantitative estimate of drug-likeness (QED) is 0.635. The van der Waals surface area contributed by atoms with Gasteiger partial charge in [-0.05, 0) is 24.5 Å². The number of hydrogen-bond acceptors (Lipinski definition) is 1. The SMILES string of the molecule is CCc1cc(F)cnc1CC. The molecule has 0 saturated heterocycles. The number of nitrogens with zero attached hydrogens (tertiary/aromatic N) is 1. The van der Waals surface area contributed by atoms with Crippen LogP contribution in [0.4, 0.5) is 4.39 Å². The smallest absolute Gasteiger partial charge is 0.141 e. The molecule has 0 aliphatic rings. The lowest BCUT2D eigenvalue weighted by atomic mass is 10.1. The molecule has 1 heterocycles. The van der Waals surface area contributed by atoms with Gasteiger partial charge in [-0.3, -0.25) is 4.98 Å². The third-order valence-electron chi connectivity index (χ3n) is 1.74. The van der Waals surface area contributed by atoms with Gasteiger partial charge in [-0.1, -0.05) is 13.8 Å². The molecule has 0 aliphatic heterocycles. The standard InChI is InChI=1S/C9H12FN/c1-3-7-5-8(10)6-11-9(7)4-2/h5-6H,3-4H2,1-2H3. The van der Waals surface area contributed by atoms with Crippen LogP contribution in [0.25, 0.3) is 0 Å². The predicted molar refractivity (Wildman–Crippen MR) is 43.0 cm³/mol. The van der Waals surface area contributed by atoms with Crippen LogP contribution in [0.15, 0.2) is 12.3 Å². The monoisotopic (exact) mass is 153 g/mol. The van der Waals surface area contributed by atoms with E-state index in [2.05, 4.69) is 4.98 Å². The third kappa shape index (κ3) is 1.76. The Morgan fingerprint density at radius 1 is 1.36 bits per heavy atom. The molecule has 1 nitrogen and oxygen atoms in total. The number of rotatable bonds is 2. The Bertz CT molecular complexity index is 245. The van der Waals surface area contributed by atoms with Gasteiger partial charge in [-0.2, -0.15) is 0 Å². The Kier molecular flexibility index (Phi) is 2.58. The van der Waals surface area contributed by atoms with Gasteiger partial charge in [0.1, 0.15) is 5.82 Å². The molecule has 0 atom stereocenters. The van der Waals surface area contributed by atoms with Crippen molar-refractivity contribution >= 4 is 0 Å². The van der Waals surface area contributed by atoms with Crippen molar-refractivity contribution in [1.29, 1.82) is 0 Å². The van der Waals surface area contributed by atoms with E-state index >= 15 is 0 Å². The van der Waals surface area contributed by atoms with Crippen LogP contribution in [0.1, 0.15) is 25.1 Å². The van der Waals surface area contributed by atoms with Crippen molar-refractivity contribution in [3.8, 4) is 0 Å². The van der Waals surface area contributed by atoms with Crippen LogP contribution in [-0.4, -0.2) is 4.98 Å². The lowest BCUT2D eigenvalue weighted by Gasteiger charge is -2.02. The highest BCUT2D eigenvalue weighted by Crippen LogP contribution is 2.08. The summed E-state index contributed by atoms with van der Waals surface area (Å²) in [6, 6.07) is 1.56. The second kappa shape index (κ2) is 3.46. The van der Waals surface area contributed by atoms with Crippen LogP contribution in [-0.2, 0) is 12.8 Å². The molecule has 0 amide bonds. The summed E-state index contributed by atoms with van der Waals surface area (Å²) in [7, 11) is 0. The van der Waals surface area contributed by atoms with Crippen LogP contribution < -0.4 is 0 Å². The van der Waals surface area contributed by atoms with E-state index in [1.807, 2.05) is 13.8 Å². The molecule has 0 unspecified atom stereocenters. The van der Waals surface area contributed by atoms with E-state index in [0.29, 0.717) is 0 Å². The van der Waals surface area contributed by atoms with Crippen LogP contribution in [0.2, 0.25) is 0 Å². The van der Waals surface area contributed by atoms with E-state index in [-0.39, 0.29) is 5.82 Å². The molecule has 1 rings (SSSR count). The first-order valence-electron chi connectivity index (χ1n) is 3.91. The van der Waals surface area contributed by atoms with Crippen molar-refractivity contribution in [3.63, 3.8) is 0 Å². The molecule has 2 heteroatoms. The van der Waals surface area contributed by atoms with E-state index in [1.165, 1.54) is 6.20 Å². The topological polar surface area (TPSA) is 12.9 Å². The predicted octanol–water partition coefficient (Wildman–Crippen LogP) is 2.35. The first-order chi connectivity index (χ1) is 5.27. The summed E-state index contributed by atoms with van der Waals surface area (Å²) in [5, 5.41) is 0. The summed E-state index contributed by atoms with van der Waals surface area (Å²) >= 11 is 0. The van der Waals surface area contributed by atoms with Gasteiger partial charge in [-0.15, -0.1) is 0 Å². The maximum Gasteiger partial charge on any atom is 0.141 e. The minimum absolute atomic E-state index is 0.237. The molecule has 0 aromatic carbocycles. The van der Waals surface area contributed by atoms with Gasteiger partial charge in [0.2, 0.25) is 0 Å². The Labute approximate surface area is 66.3 Å². The maximum absolute atomic E-state index is 12.6. The zero-order valence-corrected chi connectivity index (χ0v) is 6.89. The average molecular weight is 153 g/mol. The fourth-order valence-corrected chi connectivity index (χ4v) is 1.13. The van der Waals surface area contributed by atoms with Crippen LogP contribution >= 0.6 is 0 Å². The van der Waals surface area contributed by atoms with Gasteiger partial charge < -0.3 is 0 Å². The summed E-state index contributed by atoms with van der Waals surface area (Å²) in [6.45, 7) is 4.04. The average Bonchev–Trinajstić information content (AvgIpc) is 2.04. The van der Waals surface area contributed by atoms with E-state index in [1.54, 1.807) is 6.07 Å². The summed E-state index contributed by atoms with van der Waals surface area (Å²) in [5.41, 5.74) is 2.03. The van der Waals surface area contributed by atoms with Crippen LogP contribution in [0.3, 0.4) is 0 Å². The second-order valence-electron chi connectivity index (χ2n) is 2.47. The number of halogens is 1. The van der Waals surface area contributed by atoms with Crippen LogP contribution in [0, 0.1) is 5.82 Å². The summed E-state index contributed by atoms with van der Waals surface area (Å²) in [5.74, 6) is -0.237. The lowest BCUT2D eigenvalue weighted by Crippen LogP contribution is -1.95. The number of aryl methyl sites for hydroxylation is 2. The van der Waals surface area contributed by atoms with E-state index in [0.717, 1.165) is 24.1 Å². The van der Waals surface area contributed by atoms with Gasteiger partial charge in [0.05, 0.1) is 6.20 Å². The molecular formula is C9H12FN. The van der Waals surface area contributed by atoms with Crippen molar-refractivity contribution < 1.29 is 4.39 Å². The van der Waals surface area contributed by atoms with E-state index in [9.17, 15) is 4.39 Å². The molecular weight excluding hydrogens is 141 g/mol. The van der Waals surface area contributed by atoms with Crippen molar-refractivity contribution in [3.05, 3.63) is 29.3 Å². The molecule has 0 radical (unpaired) electrons. The normalized spacial score (nSPS) is 10.1. The maximum atomic E-state index is 12.6. The van der Waals surface area contributed by atoms with Crippen molar-refractivity contribution in [1.82, 2.24) is 4.98 Å². The second-order valence-corrected chi connectivity index (χ2v) is 2.47. The van der Waals surface area contributed by atoms with Crippen molar-refractivity contribution in [2.75, 3.05) is 0 Å². The van der Waals surface area contributed by atoms with E-state index in [4.69, 9.17) is 0 Å². The highest BCUT2D eigenvalue weighted by atomic mass is 19.1. The number of hydrogen-bond donors (Lipinski definition) is 0. The molecule has 60 valence electrons. The zero-order chi connectivity index (χ0) is 8.27. The molecule has 0 fully saturated rings. The number of aromatic nitrogens is 1. The highest BCUT2D eigenvalue weighted by Gasteiger charge is 2.00. The van der Waals surface area contributed by atoms with Gasteiger partial charge in [0, 0.05) is 5.69 Å². The minimum atomic E-state index is -0.237. The zero-order valence-electron chi connectivity index (χ0n) is 6.89. The van der Waals surface area contributed by atoms with Gasteiger partial charge >= 0.3 is 0 Å². The van der Waals surface area contributed by atoms with Gasteiger partial charge in [-0.25, -0.2) is 4.39 Å². The first kappa shape index (κ1) is 8.18. The summed E-state index contributed by atoms with van der Waals surface area (Å²) in [6.07, 6.45) is 3.01. The summed E-state index contributed by atoms with van der Waals surface area (Å²) in [4.78, 5) is 3.99. The fourth-order valence-electron chi connectivity index (χ4n) is 1.13. The molecule has 0 saturated carbocycles. The largest absolute Gasteiger partial charge is 0.258 e. The minimum Gasteiger partial charge on any atom is -0.258 e. The van der Waals surface area contributed by atoms with Gasteiger partial charge in [0.25, 0.3) is 0 Å². The van der Waals surface area contributed by atoms with Crippen LogP contribution in [0.5, 0.6) is 0 Å². The fraction of sp³-hybridized carbons (Fsp3) is 0.444. The number of pyridine rings is 1. The third-order valence-corrected chi connectivity index (χ3v) is 1.74. The van der Waals surface area contributed by atoms with Gasteiger partial charge in [0.15, 0.2) is 0 Å². The highest BCUT2D eigenvalue weighted by molar-refractivity contribution is 5.20. The molecule has 0 spiro atoms.